The molecule has 0 amide bonds. The van der Waals surface area contributed by atoms with Crippen LogP contribution >= 0.6 is 22.9 Å². The minimum Gasteiger partial charge on any atom is -0.493 e. The molecular weight excluding hydrogens is 296 g/mol. The third kappa shape index (κ3) is 3.85. The van der Waals surface area contributed by atoms with Crippen molar-refractivity contribution < 1.29 is 9.47 Å². The largest absolute Gasteiger partial charge is 0.493 e. The van der Waals surface area contributed by atoms with Gasteiger partial charge in [0.1, 0.15) is 6.61 Å². The third-order valence-electron chi connectivity index (χ3n) is 2.71. The normalized spacial score (nSPS) is 12.2. The van der Waals surface area contributed by atoms with Crippen LogP contribution in [0.3, 0.4) is 0 Å². The van der Waals surface area contributed by atoms with Gasteiger partial charge in [-0.25, -0.2) is 4.98 Å². The van der Waals surface area contributed by atoms with Gasteiger partial charge in [-0.3, -0.25) is 0 Å². The first-order chi connectivity index (χ1) is 9.60. The van der Waals surface area contributed by atoms with Crippen LogP contribution in [-0.2, 0) is 13.0 Å². The van der Waals surface area contributed by atoms with Gasteiger partial charge < -0.3 is 15.2 Å². The molecule has 1 atom stereocenters. The molecular formula is C14H17ClN2O2S. The number of hydrogen-bond donors (Lipinski definition) is 1. The van der Waals surface area contributed by atoms with Crippen LogP contribution in [0.4, 0.5) is 0 Å². The number of thiazole rings is 1. The van der Waals surface area contributed by atoms with Crippen molar-refractivity contribution >= 4 is 22.9 Å². The molecule has 0 fully saturated rings. The number of halogens is 1. The monoisotopic (exact) mass is 312 g/mol. The van der Waals surface area contributed by atoms with E-state index in [0.717, 1.165) is 11.3 Å². The Morgan fingerprint density at radius 1 is 1.45 bits per heavy atom. The number of methoxy groups -OCH3 is 1. The summed E-state index contributed by atoms with van der Waals surface area (Å²) >= 11 is 7.64. The molecule has 108 valence electrons. The Labute approximate surface area is 127 Å². The lowest BCUT2D eigenvalue weighted by molar-refractivity contribution is 0.278. The molecule has 1 aromatic carbocycles. The molecule has 0 aliphatic carbocycles. The van der Waals surface area contributed by atoms with Crippen molar-refractivity contribution in [3.05, 3.63) is 39.3 Å². The lowest BCUT2D eigenvalue weighted by atomic mass is 10.1. The maximum Gasteiger partial charge on any atom is 0.165 e. The lowest BCUT2D eigenvalue weighted by Gasteiger charge is -2.16. The van der Waals surface area contributed by atoms with Crippen molar-refractivity contribution in [2.45, 2.75) is 26.0 Å². The second-order valence-electron chi connectivity index (χ2n) is 4.55. The zero-order chi connectivity index (χ0) is 14.5. The van der Waals surface area contributed by atoms with Crippen LogP contribution in [0.1, 0.15) is 18.2 Å². The highest BCUT2D eigenvalue weighted by molar-refractivity contribution is 7.07. The molecule has 6 heteroatoms. The average Bonchev–Trinajstić information content (AvgIpc) is 2.89. The predicted molar refractivity (Wildman–Crippen MR) is 81.8 cm³/mol. The van der Waals surface area contributed by atoms with E-state index >= 15 is 0 Å². The fraction of sp³-hybridized carbons (Fsp3) is 0.357. The molecule has 1 unspecified atom stereocenters. The van der Waals surface area contributed by atoms with E-state index in [9.17, 15) is 0 Å². The van der Waals surface area contributed by atoms with E-state index in [-0.39, 0.29) is 6.04 Å². The molecule has 1 heterocycles. The van der Waals surface area contributed by atoms with Crippen molar-refractivity contribution in [3.8, 4) is 11.5 Å². The minimum atomic E-state index is 0.0137. The SMILES string of the molecule is COc1cc(Cl)cc(CC(C)N)c1OCc1cscn1. The second kappa shape index (κ2) is 6.92. The van der Waals surface area contributed by atoms with Gasteiger partial charge in [0.05, 0.1) is 18.3 Å². The van der Waals surface area contributed by atoms with E-state index in [0.29, 0.717) is 29.5 Å². The Balaban J connectivity index is 2.27. The zero-order valence-electron chi connectivity index (χ0n) is 11.4. The Bertz CT molecular complexity index is 559. The van der Waals surface area contributed by atoms with Gasteiger partial charge in [0.15, 0.2) is 11.5 Å². The number of aromatic nitrogens is 1. The Kier molecular flexibility index (Phi) is 5.23. The van der Waals surface area contributed by atoms with Gasteiger partial charge >= 0.3 is 0 Å². The number of nitrogens with two attached hydrogens (primary N) is 1. The fourth-order valence-electron chi connectivity index (χ4n) is 1.89. The van der Waals surface area contributed by atoms with E-state index < -0.39 is 0 Å². The van der Waals surface area contributed by atoms with E-state index in [1.807, 2.05) is 18.4 Å². The van der Waals surface area contributed by atoms with Crippen LogP contribution in [-0.4, -0.2) is 18.1 Å². The molecule has 4 nitrogen and oxygen atoms in total. The van der Waals surface area contributed by atoms with Crippen molar-refractivity contribution in [2.75, 3.05) is 7.11 Å². The summed E-state index contributed by atoms with van der Waals surface area (Å²) < 4.78 is 11.2. The Morgan fingerprint density at radius 2 is 2.25 bits per heavy atom. The number of rotatable bonds is 6. The highest BCUT2D eigenvalue weighted by Gasteiger charge is 2.14. The molecule has 0 spiro atoms. The van der Waals surface area contributed by atoms with Gasteiger partial charge in [-0.2, -0.15) is 0 Å². The highest BCUT2D eigenvalue weighted by atomic mass is 35.5. The van der Waals surface area contributed by atoms with E-state index in [4.69, 9.17) is 26.8 Å². The number of ether oxygens (including phenoxy) is 2. The van der Waals surface area contributed by atoms with Gasteiger partial charge in [-0.1, -0.05) is 11.6 Å². The summed E-state index contributed by atoms with van der Waals surface area (Å²) in [5.74, 6) is 1.30. The maximum atomic E-state index is 6.10. The summed E-state index contributed by atoms with van der Waals surface area (Å²) in [6.45, 7) is 2.34. The average molecular weight is 313 g/mol. The third-order valence-corrected chi connectivity index (χ3v) is 3.56. The van der Waals surface area contributed by atoms with E-state index in [2.05, 4.69) is 4.98 Å². The van der Waals surface area contributed by atoms with Gasteiger partial charge in [-0.15, -0.1) is 11.3 Å². The molecule has 0 radical (unpaired) electrons. The van der Waals surface area contributed by atoms with Crippen LogP contribution in [0, 0.1) is 0 Å². The van der Waals surface area contributed by atoms with Gasteiger partial charge in [0.25, 0.3) is 0 Å². The predicted octanol–water partition coefficient (Wildman–Crippen LogP) is 3.27. The van der Waals surface area contributed by atoms with Gasteiger partial charge in [-0.05, 0) is 19.4 Å². The summed E-state index contributed by atoms with van der Waals surface area (Å²) in [7, 11) is 1.59. The zero-order valence-corrected chi connectivity index (χ0v) is 13.0. The molecule has 1 aromatic heterocycles. The molecule has 20 heavy (non-hydrogen) atoms. The van der Waals surface area contributed by atoms with Crippen molar-refractivity contribution in [2.24, 2.45) is 5.73 Å². The van der Waals surface area contributed by atoms with E-state index in [1.54, 1.807) is 18.7 Å². The summed E-state index contributed by atoms with van der Waals surface area (Å²) in [5, 5.41) is 2.56. The summed E-state index contributed by atoms with van der Waals surface area (Å²) in [6, 6.07) is 3.62. The first-order valence-corrected chi connectivity index (χ1v) is 7.54. The molecule has 0 bridgehead atoms. The fourth-order valence-corrected chi connectivity index (χ4v) is 2.67. The molecule has 0 saturated heterocycles. The van der Waals surface area contributed by atoms with Crippen molar-refractivity contribution in [1.82, 2.24) is 4.98 Å². The minimum absolute atomic E-state index is 0.0137. The molecule has 0 aliphatic rings. The smallest absolute Gasteiger partial charge is 0.165 e. The van der Waals surface area contributed by atoms with Gasteiger partial charge in [0, 0.05) is 28.1 Å². The number of hydrogen-bond acceptors (Lipinski definition) is 5. The quantitative estimate of drug-likeness (QED) is 0.889. The first-order valence-electron chi connectivity index (χ1n) is 6.22. The number of benzene rings is 1. The second-order valence-corrected chi connectivity index (χ2v) is 5.70. The highest BCUT2D eigenvalue weighted by Crippen LogP contribution is 2.35. The van der Waals surface area contributed by atoms with E-state index in [1.165, 1.54) is 11.3 Å². The molecule has 2 N–H and O–H groups in total. The molecule has 2 rings (SSSR count). The maximum absolute atomic E-state index is 6.10. The summed E-state index contributed by atoms with van der Waals surface area (Å²) in [5.41, 5.74) is 9.49. The van der Waals surface area contributed by atoms with Crippen LogP contribution in [0.2, 0.25) is 5.02 Å². The van der Waals surface area contributed by atoms with Crippen molar-refractivity contribution in [3.63, 3.8) is 0 Å². The molecule has 0 aliphatic heterocycles. The van der Waals surface area contributed by atoms with Crippen LogP contribution in [0.15, 0.2) is 23.0 Å². The molecule has 0 saturated carbocycles. The number of nitrogens with zero attached hydrogens (tertiary/aromatic N) is 1. The standard InChI is InChI=1S/C14H17ClN2O2S/c1-9(16)3-10-4-11(15)5-13(18-2)14(10)19-6-12-7-20-8-17-12/h4-5,7-9H,3,6,16H2,1-2H3. The van der Waals surface area contributed by atoms with Crippen molar-refractivity contribution in [1.29, 1.82) is 0 Å². The summed E-state index contributed by atoms with van der Waals surface area (Å²) in [4.78, 5) is 4.20. The topological polar surface area (TPSA) is 57.4 Å². The van der Waals surface area contributed by atoms with Crippen LogP contribution in [0.25, 0.3) is 0 Å². The van der Waals surface area contributed by atoms with Crippen LogP contribution < -0.4 is 15.2 Å². The first kappa shape index (κ1) is 15.1. The van der Waals surface area contributed by atoms with Crippen LogP contribution in [0.5, 0.6) is 11.5 Å². The Hall–Kier alpha value is -1.30. The summed E-state index contributed by atoms with van der Waals surface area (Å²) in [6.07, 6.45) is 0.670. The van der Waals surface area contributed by atoms with Gasteiger partial charge in [0.2, 0.25) is 0 Å². The Morgan fingerprint density at radius 3 is 2.85 bits per heavy atom. The lowest BCUT2D eigenvalue weighted by Crippen LogP contribution is -2.18. The molecule has 2 aromatic rings.